The summed E-state index contributed by atoms with van der Waals surface area (Å²) in [5.74, 6) is 0.656. The lowest BCUT2D eigenvalue weighted by atomic mass is 9.80. The van der Waals surface area contributed by atoms with Crippen molar-refractivity contribution in [2.24, 2.45) is 0 Å². The van der Waals surface area contributed by atoms with Crippen molar-refractivity contribution >= 4 is 0 Å². The van der Waals surface area contributed by atoms with Crippen LogP contribution in [0.3, 0.4) is 0 Å². The first-order valence-electron chi connectivity index (χ1n) is 7.93. The predicted molar refractivity (Wildman–Crippen MR) is 82.1 cm³/mol. The summed E-state index contributed by atoms with van der Waals surface area (Å²) >= 11 is 0. The number of rotatable bonds is 2. The topological polar surface area (TPSA) is 24.5 Å². The second-order valence-corrected chi connectivity index (χ2v) is 6.64. The van der Waals surface area contributed by atoms with Crippen molar-refractivity contribution in [2.75, 3.05) is 20.1 Å². The van der Waals surface area contributed by atoms with E-state index in [9.17, 15) is 4.39 Å². The van der Waals surface area contributed by atoms with Crippen LogP contribution in [-0.4, -0.2) is 36.7 Å². The van der Waals surface area contributed by atoms with Gasteiger partial charge in [0.1, 0.15) is 17.2 Å². The minimum absolute atomic E-state index is 0.0934. The van der Waals surface area contributed by atoms with Crippen LogP contribution < -0.4 is 10.1 Å². The average Bonchev–Trinajstić information content (AvgIpc) is 2.47. The molecule has 0 aliphatic carbocycles. The fourth-order valence-corrected chi connectivity index (χ4v) is 3.65. The number of ether oxygens (including phenoxy) is 1. The maximum atomic E-state index is 13.5. The third kappa shape index (κ3) is 2.79. The van der Waals surface area contributed by atoms with Crippen molar-refractivity contribution in [3.05, 3.63) is 29.6 Å². The van der Waals surface area contributed by atoms with Crippen LogP contribution >= 0.6 is 0 Å². The molecule has 116 valence electrons. The van der Waals surface area contributed by atoms with Crippen LogP contribution in [0.4, 0.5) is 4.39 Å². The van der Waals surface area contributed by atoms with Crippen molar-refractivity contribution in [2.45, 2.75) is 50.8 Å². The van der Waals surface area contributed by atoms with E-state index in [-0.39, 0.29) is 17.5 Å². The van der Waals surface area contributed by atoms with E-state index in [4.69, 9.17) is 4.74 Å². The van der Waals surface area contributed by atoms with Crippen molar-refractivity contribution in [3.8, 4) is 5.75 Å². The third-order valence-corrected chi connectivity index (χ3v) is 5.04. The zero-order valence-corrected chi connectivity index (χ0v) is 13.2. The normalized spacial score (nSPS) is 24.9. The molecule has 1 atom stereocenters. The predicted octanol–water partition coefficient (Wildman–Crippen LogP) is 3.11. The van der Waals surface area contributed by atoms with Crippen LogP contribution in [-0.2, 0) is 0 Å². The Morgan fingerprint density at radius 2 is 2.05 bits per heavy atom. The first-order valence-corrected chi connectivity index (χ1v) is 7.93. The minimum Gasteiger partial charge on any atom is -0.487 e. The summed E-state index contributed by atoms with van der Waals surface area (Å²) in [6.45, 7) is 6.64. The highest BCUT2D eigenvalue weighted by Crippen LogP contribution is 2.44. The first kappa shape index (κ1) is 14.8. The van der Waals surface area contributed by atoms with Crippen molar-refractivity contribution in [1.82, 2.24) is 10.2 Å². The number of nitrogens with one attached hydrogen (secondary N) is 1. The van der Waals surface area contributed by atoms with Gasteiger partial charge in [0, 0.05) is 37.2 Å². The summed E-state index contributed by atoms with van der Waals surface area (Å²) in [4.78, 5) is 2.50. The molecule has 21 heavy (non-hydrogen) atoms. The Labute approximate surface area is 126 Å². The van der Waals surface area contributed by atoms with Crippen LogP contribution in [0.5, 0.6) is 5.75 Å². The molecule has 2 heterocycles. The van der Waals surface area contributed by atoms with Gasteiger partial charge in [-0.25, -0.2) is 4.39 Å². The molecule has 2 aliphatic heterocycles. The Hall–Kier alpha value is -1.13. The fraction of sp³-hybridized carbons (Fsp3) is 0.647. The first-order chi connectivity index (χ1) is 10.0. The standard InChI is InChI=1S/C17H25FN2O/c1-12(2)20-8-6-17(7-9-20)11-15(19-3)14-10-13(18)4-5-16(14)21-17/h4-5,10,12,15,19H,6-9,11H2,1-3H3. The highest BCUT2D eigenvalue weighted by atomic mass is 19.1. The molecular formula is C17H25FN2O. The van der Waals surface area contributed by atoms with Crippen LogP contribution in [0.15, 0.2) is 18.2 Å². The molecule has 1 N–H and O–H groups in total. The van der Waals surface area contributed by atoms with E-state index in [0.29, 0.717) is 6.04 Å². The summed E-state index contributed by atoms with van der Waals surface area (Å²) in [6.07, 6.45) is 3.01. The number of hydrogen-bond acceptors (Lipinski definition) is 3. The number of benzene rings is 1. The van der Waals surface area contributed by atoms with Crippen LogP contribution in [0.2, 0.25) is 0 Å². The van der Waals surface area contributed by atoms with Crippen molar-refractivity contribution in [1.29, 1.82) is 0 Å². The van der Waals surface area contributed by atoms with Gasteiger partial charge in [-0.15, -0.1) is 0 Å². The van der Waals surface area contributed by atoms with Gasteiger partial charge >= 0.3 is 0 Å². The molecule has 1 saturated heterocycles. The number of piperidine rings is 1. The van der Waals surface area contributed by atoms with E-state index >= 15 is 0 Å². The van der Waals surface area contributed by atoms with Crippen LogP contribution in [0.1, 0.15) is 44.7 Å². The Morgan fingerprint density at radius 1 is 1.33 bits per heavy atom. The molecule has 0 aromatic heterocycles. The van der Waals surface area contributed by atoms with E-state index in [1.54, 1.807) is 12.1 Å². The molecule has 1 fully saturated rings. The Kier molecular flexibility index (Phi) is 3.93. The number of fused-ring (bicyclic) bond motifs is 1. The summed E-state index contributed by atoms with van der Waals surface area (Å²) in [6, 6.07) is 5.65. The van der Waals surface area contributed by atoms with Gasteiger partial charge in [-0.3, -0.25) is 0 Å². The summed E-state index contributed by atoms with van der Waals surface area (Å²) < 4.78 is 19.8. The average molecular weight is 292 g/mol. The molecule has 3 nitrogen and oxygen atoms in total. The van der Waals surface area contributed by atoms with Gasteiger partial charge < -0.3 is 15.0 Å². The lowest BCUT2D eigenvalue weighted by Crippen LogP contribution is -2.52. The van der Waals surface area contributed by atoms with E-state index in [1.165, 1.54) is 6.07 Å². The summed E-state index contributed by atoms with van der Waals surface area (Å²) in [7, 11) is 1.95. The van der Waals surface area contributed by atoms with Crippen LogP contribution in [0.25, 0.3) is 0 Å². The Bertz CT molecular complexity index is 510. The number of hydrogen-bond donors (Lipinski definition) is 1. The second-order valence-electron chi connectivity index (χ2n) is 6.64. The molecule has 0 amide bonds. The van der Waals surface area contributed by atoms with E-state index in [0.717, 1.165) is 43.7 Å². The van der Waals surface area contributed by atoms with Gasteiger partial charge in [-0.2, -0.15) is 0 Å². The van der Waals surface area contributed by atoms with E-state index in [1.807, 2.05) is 7.05 Å². The molecule has 2 aliphatic rings. The lowest BCUT2D eigenvalue weighted by Gasteiger charge is -2.47. The smallest absolute Gasteiger partial charge is 0.125 e. The third-order valence-electron chi connectivity index (χ3n) is 5.04. The Balaban J connectivity index is 1.83. The zero-order chi connectivity index (χ0) is 15.0. The van der Waals surface area contributed by atoms with Gasteiger partial charge in [0.2, 0.25) is 0 Å². The molecule has 4 heteroatoms. The molecule has 1 spiro atoms. The maximum Gasteiger partial charge on any atom is 0.125 e. The fourth-order valence-electron chi connectivity index (χ4n) is 3.65. The highest BCUT2D eigenvalue weighted by Gasteiger charge is 2.43. The zero-order valence-electron chi connectivity index (χ0n) is 13.2. The second kappa shape index (κ2) is 5.58. The molecule has 0 bridgehead atoms. The van der Waals surface area contributed by atoms with Crippen molar-refractivity contribution in [3.63, 3.8) is 0 Å². The van der Waals surface area contributed by atoms with E-state index < -0.39 is 0 Å². The molecule has 0 saturated carbocycles. The number of likely N-dealkylation sites (tertiary alicyclic amines) is 1. The Morgan fingerprint density at radius 3 is 2.67 bits per heavy atom. The molecule has 3 rings (SSSR count). The number of nitrogens with zero attached hydrogens (tertiary/aromatic N) is 1. The molecular weight excluding hydrogens is 267 g/mol. The van der Waals surface area contributed by atoms with Gasteiger partial charge in [0.15, 0.2) is 0 Å². The highest BCUT2D eigenvalue weighted by molar-refractivity contribution is 5.39. The quantitative estimate of drug-likeness (QED) is 0.906. The molecule has 0 radical (unpaired) electrons. The lowest BCUT2D eigenvalue weighted by molar-refractivity contribution is -0.0307. The van der Waals surface area contributed by atoms with Gasteiger partial charge in [-0.1, -0.05) is 0 Å². The van der Waals surface area contributed by atoms with Crippen LogP contribution in [0, 0.1) is 5.82 Å². The number of halogens is 1. The molecule has 1 unspecified atom stereocenters. The molecule has 1 aromatic rings. The molecule has 1 aromatic carbocycles. The monoisotopic (exact) mass is 292 g/mol. The largest absolute Gasteiger partial charge is 0.487 e. The van der Waals surface area contributed by atoms with E-state index in [2.05, 4.69) is 24.1 Å². The minimum atomic E-state index is -0.192. The van der Waals surface area contributed by atoms with Gasteiger partial charge in [0.25, 0.3) is 0 Å². The summed E-state index contributed by atoms with van der Waals surface area (Å²) in [5.41, 5.74) is 0.860. The van der Waals surface area contributed by atoms with Gasteiger partial charge in [0.05, 0.1) is 0 Å². The maximum absolute atomic E-state index is 13.5. The van der Waals surface area contributed by atoms with Gasteiger partial charge in [-0.05, 0) is 51.9 Å². The summed E-state index contributed by atoms with van der Waals surface area (Å²) in [5, 5.41) is 3.33. The van der Waals surface area contributed by atoms with Crippen molar-refractivity contribution < 1.29 is 9.13 Å². The SMILES string of the molecule is CNC1CC2(CCN(C(C)C)CC2)Oc2ccc(F)cc21.